The van der Waals surface area contributed by atoms with Crippen molar-refractivity contribution in [3.05, 3.63) is 36.8 Å². The average molecular weight is 375 g/mol. The maximum absolute atomic E-state index is 6.09. The monoisotopic (exact) mass is 375 g/mol. The maximum Gasteiger partial charge on any atom is 0.233 e. The largest absolute Gasteiger partial charge is 0.473 e. The first-order valence-electron chi connectivity index (χ1n) is 9.38. The Labute approximate surface area is 161 Å². The van der Waals surface area contributed by atoms with E-state index < -0.39 is 0 Å². The van der Waals surface area contributed by atoms with Crippen molar-refractivity contribution in [1.82, 2.24) is 29.8 Å². The summed E-state index contributed by atoms with van der Waals surface area (Å²) in [5, 5.41) is 0.917. The zero-order valence-electron chi connectivity index (χ0n) is 15.6. The van der Waals surface area contributed by atoms with Gasteiger partial charge in [0.25, 0.3) is 0 Å². The van der Waals surface area contributed by atoms with Gasteiger partial charge in [0.15, 0.2) is 0 Å². The number of hydrogen-bond acceptors (Lipinski definition) is 7. The molecule has 28 heavy (non-hydrogen) atoms. The van der Waals surface area contributed by atoms with E-state index in [1.807, 2.05) is 24.4 Å². The molecule has 0 spiro atoms. The lowest BCUT2D eigenvalue weighted by molar-refractivity contribution is 0.110. The molecule has 1 aliphatic heterocycles. The number of benzene rings is 1. The lowest BCUT2D eigenvalue weighted by atomic mass is 10.1. The lowest BCUT2D eigenvalue weighted by Crippen LogP contribution is -2.35. The van der Waals surface area contributed by atoms with E-state index in [1.54, 1.807) is 12.4 Å². The number of likely N-dealkylation sites (tertiary alicyclic amines) is 1. The van der Waals surface area contributed by atoms with Gasteiger partial charge in [-0.3, -0.25) is 0 Å². The smallest absolute Gasteiger partial charge is 0.233 e. The number of aromatic nitrogens is 5. The van der Waals surface area contributed by atoms with Crippen molar-refractivity contribution in [1.29, 1.82) is 0 Å². The zero-order chi connectivity index (χ0) is 19.1. The zero-order valence-corrected chi connectivity index (χ0v) is 15.6. The summed E-state index contributed by atoms with van der Waals surface area (Å²) in [6.45, 7) is 2.09. The summed E-state index contributed by atoms with van der Waals surface area (Å²) in [7, 11) is 2.14. The molecule has 5 rings (SSSR count). The maximum atomic E-state index is 6.09. The first kappa shape index (κ1) is 16.9. The van der Waals surface area contributed by atoms with Crippen LogP contribution >= 0.6 is 0 Å². The van der Waals surface area contributed by atoms with E-state index in [2.05, 4.69) is 31.9 Å². The van der Waals surface area contributed by atoms with Gasteiger partial charge in [0.2, 0.25) is 11.8 Å². The molecule has 1 fully saturated rings. The summed E-state index contributed by atoms with van der Waals surface area (Å²) in [6.07, 6.45) is 7.57. The van der Waals surface area contributed by atoms with E-state index in [-0.39, 0.29) is 12.1 Å². The summed E-state index contributed by atoms with van der Waals surface area (Å²) in [5.74, 6) is 0.829. The van der Waals surface area contributed by atoms with E-state index in [9.17, 15) is 0 Å². The second kappa shape index (κ2) is 6.72. The summed E-state index contributed by atoms with van der Waals surface area (Å²) < 4.78 is 6.09. The minimum atomic E-state index is 0.197. The molecule has 1 saturated heterocycles. The first-order valence-corrected chi connectivity index (χ1v) is 9.38. The van der Waals surface area contributed by atoms with Crippen molar-refractivity contribution in [2.24, 2.45) is 0 Å². The minimum Gasteiger partial charge on any atom is -0.473 e. The van der Waals surface area contributed by atoms with Crippen molar-refractivity contribution in [3.63, 3.8) is 0 Å². The molecule has 1 aliphatic rings. The van der Waals surface area contributed by atoms with Crippen LogP contribution in [0.15, 0.2) is 36.8 Å². The average Bonchev–Trinajstić information content (AvgIpc) is 3.12. The number of ether oxygens (including phenoxy) is 1. The van der Waals surface area contributed by atoms with Gasteiger partial charge in [0.1, 0.15) is 11.8 Å². The third kappa shape index (κ3) is 3.11. The Balaban J connectivity index is 1.47. The Morgan fingerprint density at radius 2 is 1.96 bits per heavy atom. The van der Waals surface area contributed by atoms with Crippen LogP contribution in [-0.2, 0) is 0 Å². The third-order valence-corrected chi connectivity index (χ3v) is 5.23. The fourth-order valence-corrected chi connectivity index (χ4v) is 3.65. The molecule has 0 atom stereocenters. The van der Waals surface area contributed by atoms with Crippen LogP contribution in [0.3, 0.4) is 0 Å². The van der Waals surface area contributed by atoms with Crippen molar-refractivity contribution in [2.75, 3.05) is 25.9 Å². The van der Waals surface area contributed by atoms with E-state index in [1.165, 1.54) is 0 Å². The molecule has 4 heterocycles. The number of anilines is 1. The van der Waals surface area contributed by atoms with Crippen LogP contribution < -0.4 is 10.5 Å². The number of hydrogen-bond donors (Lipinski definition) is 2. The number of fused-ring (bicyclic) bond motifs is 2. The van der Waals surface area contributed by atoms with Gasteiger partial charge in [-0.1, -0.05) is 6.07 Å². The van der Waals surface area contributed by atoms with Gasteiger partial charge in [0, 0.05) is 36.4 Å². The molecule has 0 aliphatic carbocycles. The molecule has 0 bridgehead atoms. The fraction of sp³-hybridized carbons (Fsp3) is 0.300. The standard InChI is InChI=1S/C20H21N7O/c1-27-6-4-13(5-7-27)28-18-11-22-16-3-2-12(8-17(16)25-18)14-9-23-19-15(14)10-24-20(21)26-19/h2-3,8-11,13H,4-7H2,1H3,(H3,21,23,24,26). The third-order valence-electron chi connectivity index (χ3n) is 5.23. The topological polar surface area (TPSA) is 106 Å². The molecular weight excluding hydrogens is 354 g/mol. The van der Waals surface area contributed by atoms with Crippen molar-refractivity contribution >= 4 is 28.0 Å². The van der Waals surface area contributed by atoms with Crippen LogP contribution in [0.1, 0.15) is 12.8 Å². The Morgan fingerprint density at radius 3 is 2.82 bits per heavy atom. The highest BCUT2D eigenvalue weighted by Crippen LogP contribution is 2.30. The fourth-order valence-electron chi connectivity index (χ4n) is 3.65. The number of nitrogen functional groups attached to an aromatic ring is 1. The number of H-pyrrole nitrogens is 1. The summed E-state index contributed by atoms with van der Waals surface area (Å²) in [6, 6.07) is 6.00. The van der Waals surface area contributed by atoms with Gasteiger partial charge >= 0.3 is 0 Å². The molecule has 8 heteroatoms. The highest BCUT2D eigenvalue weighted by atomic mass is 16.5. The predicted molar refractivity (Wildman–Crippen MR) is 108 cm³/mol. The molecular formula is C20H21N7O. The number of nitrogens with two attached hydrogens (primary N) is 1. The molecule has 8 nitrogen and oxygen atoms in total. The molecule has 3 N–H and O–H groups in total. The molecule has 0 radical (unpaired) electrons. The van der Waals surface area contributed by atoms with Gasteiger partial charge in [0.05, 0.1) is 17.2 Å². The van der Waals surface area contributed by atoms with Crippen LogP contribution in [0.2, 0.25) is 0 Å². The summed E-state index contributed by atoms with van der Waals surface area (Å²) >= 11 is 0. The predicted octanol–water partition coefficient (Wildman–Crippen LogP) is 2.62. The molecule has 1 aromatic carbocycles. The summed E-state index contributed by atoms with van der Waals surface area (Å²) in [4.78, 5) is 23.0. The van der Waals surface area contributed by atoms with Crippen molar-refractivity contribution < 1.29 is 4.74 Å². The lowest BCUT2D eigenvalue weighted by Gasteiger charge is -2.28. The SMILES string of the molecule is CN1CCC(Oc2cnc3ccc(-c4c[nH]c5nc(N)ncc45)cc3n2)CC1. The van der Waals surface area contributed by atoms with Crippen LogP contribution in [0.25, 0.3) is 33.2 Å². The number of nitrogens with one attached hydrogen (secondary N) is 1. The highest BCUT2D eigenvalue weighted by Gasteiger charge is 2.19. The normalized spacial score (nSPS) is 16.0. The van der Waals surface area contributed by atoms with Gasteiger partial charge in [-0.05, 0) is 37.6 Å². The number of rotatable bonds is 3. The second-order valence-corrected chi connectivity index (χ2v) is 7.23. The highest BCUT2D eigenvalue weighted by molar-refractivity contribution is 5.95. The minimum absolute atomic E-state index is 0.197. The molecule has 0 saturated carbocycles. The molecule has 0 unspecified atom stereocenters. The van der Waals surface area contributed by atoms with Gasteiger partial charge in [-0.2, -0.15) is 4.98 Å². The number of nitrogens with zero attached hydrogens (tertiary/aromatic N) is 5. The molecule has 4 aromatic rings. The molecule has 142 valence electrons. The molecule has 0 amide bonds. The Morgan fingerprint density at radius 1 is 1.11 bits per heavy atom. The van der Waals surface area contributed by atoms with Gasteiger partial charge in [-0.25, -0.2) is 15.0 Å². The molecule has 3 aromatic heterocycles. The van der Waals surface area contributed by atoms with Crippen LogP contribution in [0.5, 0.6) is 5.88 Å². The van der Waals surface area contributed by atoms with Gasteiger partial charge < -0.3 is 20.4 Å². The van der Waals surface area contributed by atoms with E-state index in [0.717, 1.165) is 53.5 Å². The van der Waals surface area contributed by atoms with Gasteiger partial charge in [-0.15, -0.1) is 0 Å². The first-order chi connectivity index (χ1) is 13.7. The van der Waals surface area contributed by atoms with Crippen molar-refractivity contribution in [3.8, 4) is 17.0 Å². The Hall–Kier alpha value is -3.26. The van der Waals surface area contributed by atoms with Crippen LogP contribution in [0.4, 0.5) is 5.95 Å². The second-order valence-electron chi connectivity index (χ2n) is 7.23. The van der Waals surface area contributed by atoms with Crippen LogP contribution in [0, 0.1) is 0 Å². The summed E-state index contributed by atoms with van der Waals surface area (Å²) in [5.41, 5.74) is 10.0. The number of aromatic amines is 1. The van der Waals surface area contributed by atoms with E-state index in [4.69, 9.17) is 15.5 Å². The van der Waals surface area contributed by atoms with E-state index >= 15 is 0 Å². The van der Waals surface area contributed by atoms with Crippen molar-refractivity contribution in [2.45, 2.75) is 18.9 Å². The van der Waals surface area contributed by atoms with E-state index in [0.29, 0.717) is 11.5 Å². The van der Waals surface area contributed by atoms with Crippen LogP contribution in [-0.4, -0.2) is 56.1 Å². The number of piperidine rings is 1. The quantitative estimate of drug-likeness (QED) is 0.567. The Kier molecular flexibility index (Phi) is 4.05. The Bertz CT molecular complexity index is 1150.